The molecular weight excluding hydrogens is 477 g/mol. The van der Waals surface area contributed by atoms with Gasteiger partial charge in [0.25, 0.3) is 0 Å². The molecule has 0 saturated carbocycles. The first-order valence-corrected chi connectivity index (χ1v) is 11.1. The highest BCUT2D eigenvalue weighted by atomic mass is 32.1. The van der Waals surface area contributed by atoms with E-state index in [1.807, 2.05) is 44.9 Å². The van der Waals surface area contributed by atoms with Crippen molar-refractivity contribution in [1.82, 2.24) is 19.7 Å². The number of nitrogens with one attached hydrogen (secondary N) is 1. The summed E-state index contributed by atoms with van der Waals surface area (Å²) in [6.07, 6.45) is -0.451. The zero-order valence-electron chi connectivity index (χ0n) is 20.0. The van der Waals surface area contributed by atoms with Crippen molar-refractivity contribution in [3.8, 4) is 0 Å². The summed E-state index contributed by atoms with van der Waals surface area (Å²) in [5, 5.41) is 7.52. The van der Waals surface area contributed by atoms with Gasteiger partial charge in [-0.15, -0.1) is 0 Å². The van der Waals surface area contributed by atoms with Gasteiger partial charge in [-0.3, -0.25) is 19.4 Å². The highest BCUT2D eigenvalue weighted by molar-refractivity contribution is 7.59. The average molecular weight is 507 g/mol. The van der Waals surface area contributed by atoms with Gasteiger partial charge in [0.1, 0.15) is 6.04 Å². The van der Waals surface area contributed by atoms with Crippen molar-refractivity contribution in [3.05, 3.63) is 65.0 Å². The van der Waals surface area contributed by atoms with E-state index in [-0.39, 0.29) is 37.9 Å². The van der Waals surface area contributed by atoms with E-state index in [4.69, 9.17) is 0 Å². The Labute approximate surface area is 209 Å². The molecule has 1 amide bonds. The maximum absolute atomic E-state index is 12.7. The van der Waals surface area contributed by atoms with Gasteiger partial charge < -0.3 is 10.2 Å². The molecule has 3 aromatic rings. The van der Waals surface area contributed by atoms with Gasteiger partial charge in [-0.1, -0.05) is 13.8 Å². The summed E-state index contributed by atoms with van der Waals surface area (Å²) in [6.45, 7) is 6.22. The van der Waals surface area contributed by atoms with Gasteiger partial charge in [0.2, 0.25) is 5.91 Å². The third-order valence-electron chi connectivity index (χ3n) is 5.99. The lowest BCUT2D eigenvalue weighted by molar-refractivity contribution is -0.137. The van der Waals surface area contributed by atoms with Crippen LogP contribution in [-0.2, 0) is 30.4 Å². The average Bonchev–Trinajstić information content (AvgIpc) is 3.20. The largest absolute Gasteiger partial charge is 0.417 e. The normalized spacial score (nSPS) is 15.6. The predicted molar refractivity (Wildman–Crippen MR) is 133 cm³/mol. The minimum Gasteiger partial charge on any atom is -0.361 e. The molecule has 1 aliphatic rings. The van der Waals surface area contributed by atoms with Crippen LogP contribution in [0.5, 0.6) is 0 Å². The third kappa shape index (κ3) is 5.77. The third-order valence-corrected chi connectivity index (χ3v) is 5.99. The molecule has 0 aromatic carbocycles. The molecule has 0 spiro atoms. The first-order valence-electron chi connectivity index (χ1n) is 11.1. The van der Waals surface area contributed by atoms with E-state index in [0.717, 1.165) is 40.7 Å². The number of pyridine rings is 2. The molecule has 1 N–H and O–H groups in total. The maximum Gasteiger partial charge on any atom is 0.417 e. The molecule has 4 rings (SSSR count). The second kappa shape index (κ2) is 10.3. The number of alkyl halides is 3. The molecule has 3 aromatic heterocycles. The number of carbonyl (C=O) groups is 1. The van der Waals surface area contributed by atoms with E-state index in [1.165, 1.54) is 6.07 Å². The van der Waals surface area contributed by atoms with E-state index in [2.05, 4.69) is 20.4 Å². The Morgan fingerprint density at radius 2 is 1.83 bits per heavy atom. The summed E-state index contributed by atoms with van der Waals surface area (Å²) in [5.41, 5.74) is 3.97. The fraction of sp³-hybridized carbons (Fsp3) is 0.417. The number of amides is 1. The molecule has 0 radical (unpaired) electrons. The van der Waals surface area contributed by atoms with Crippen LogP contribution < -0.4 is 10.2 Å². The quantitative estimate of drug-likeness (QED) is 0.538. The van der Waals surface area contributed by atoms with Gasteiger partial charge in [-0.2, -0.15) is 31.8 Å². The number of rotatable bonds is 6. The van der Waals surface area contributed by atoms with Gasteiger partial charge in [0.15, 0.2) is 0 Å². The zero-order chi connectivity index (χ0) is 24.6. The smallest absolute Gasteiger partial charge is 0.361 e. The van der Waals surface area contributed by atoms with Gasteiger partial charge in [0, 0.05) is 25.1 Å². The molecule has 11 heteroatoms. The van der Waals surface area contributed by atoms with Gasteiger partial charge in [-0.25, -0.2) is 0 Å². The second-order valence-corrected chi connectivity index (χ2v) is 8.92. The monoisotopic (exact) mass is 506 g/mol. The summed E-state index contributed by atoms with van der Waals surface area (Å²) in [4.78, 5) is 23.1. The summed E-state index contributed by atoms with van der Waals surface area (Å²) in [7, 11) is 1.93. The van der Waals surface area contributed by atoms with Crippen molar-refractivity contribution >= 4 is 30.8 Å². The lowest BCUT2D eigenvalue weighted by Gasteiger charge is -2.38. The van der Waals surface area contributed by atoms with Crippen molar-refractivity contribution in [1.29, 1.82) is 0 Å². The van der Waals surface area contributed by atoms with E-state index >= 15 is 0 Å². The highest BCUT2D eigenvalue weighted by Crippen LogP contribution is 2.35. The topological polar surface area (TPSA) is 75.9 Å². The summed E-state index contributed by atoms with van der Waals surface area (Å²) < 4.78 is 39.8. The summed E-state index contributed by atoms with van der Waals surface area (Å²) >= 11 is 0. The molecule has 0 bridgehead atoms. The Balaban J connectivity index is 0.00000342. The minimum atomic E-state index is -4.40. The van der Waals surface area contributed by atoms with Crippen LogP contribution >= 0.6 is 13.5 Å². The number of hydrogen-bond acceptors (Lipinski definition) is 5. The Hall–Kier alpha value is -3.08. The number of likely N-dealkylation sites (N-methyl/N-ethyl adjacent to an activating group) is 1. The minimum absolute atomic E-state index is 0. The molecule has 7 nitrogen and oxygen atoms in total. The molecule has 0 aliphatic carbocycles. The van der Waals surface area contributed by atoms with E-state index in [9.17, 15) is 18.0 Å². The number of fused-ring (bicyclic) bond motifs is 1. The molecule has 0 unspecified atom stereocenters. The van der Waals surface area contributed by atoms with Crippen LogP contribution in [0.3, 0.4) is 0 Å². The molecule has 35 heavy (non-hydrogen) atoms. The lowest BCUT2D eigenvalue weighted by atomic mass is 9.97. The number of nitrogens with zero attached hydrogens (tertiary/aromatic N) is 5. The summed E-state index contributed by atoms with van der Waals surface area (Å²) in [6, 6.07) is 6.05. The number of anilines is 2. The van der Waals surface area contributed by atoms with Gasteiger partial charge in [-0.05, 0) is 49.9 Å². The van der Waals surface area contributed by atoms with Crippen LogP contribution in [0.4, 0.5) is 24.5 Å². The Morgan fingerprint density at radius 1 is 1.11 bits per heavy atom. The van der Waals surface area contributed by atoms with Crippen LogP contribution in [0.25, 0.3) is 0 Å². The molecule has 4 heterocycles. The van der Waals surface area contributed by atoms with Crippen molar-refractivity contribution < 1.29 is 18.0 Å². The van der Waals surface area contributed by atoms with Crippen LogP contribution in [0.1, 0.15) is 42.2 Å². The van der Waals surface area contributed by atoms with Crippen molar-refractivity contribution in [2.75, 3.05) is 17.3 Å². The molecule has 188 valence electrons. The van der Waals surface area contributed by atoms with Crippen LogP contribution in [0.15, 0.2) is 36.7 Å². The second-order valence-electron chi connectivity index (χ2n) is 8.92. The van der Waals surface area contributed by atoms with Crippen molar-refractivity contribution in [3.63, 3.8) is 0 Å². The first-order chi connectivity index (χ1) is 16.0. The fourth-order valence-electron chi connectivity index (χ4n) is 4.29. The SMILES string of the molecule is Cc1nc(CCc2ccn(Cc3ccc(C(F)(F)F)cn3)n2)cc2c1NC(=O)[C@H](C(C)C)N2C.S. The lowest BCUT2D eigenvalue weighted by Crippen LogP contribution is -2.49. The van der Waals surface area contributed by atoms with Crippen LogP contribution in [0.2, 0.25) is 0 Å². The first kappa shape index (κ1) is 26.5. The maximum atomic E-state index is 12.7. The highest BCUT2D eigenvalue weighted by Gasteiger charge is 2.34. The summed E-state index contributed by atoms with van der Waals surface area (Å²) in [5.74, 6) is 0.147. The number of carbonyl (C=O) groups excluding carboxylic acids is 1. The molecule has 0 fully saturated rings. The molecule has 1 atom stereocenters. The van der Waals surface area contributed by atoms with E-state index in [1.54, 1.807) is 10.9 Å². The Bertz CT molecular complexity index is 1190. The van der Waals surface area contributed by atoms with Crippen LogP contribution in [-0.4, -0.2) is 38.7 Å². The number of hydrogen-bond donors (Lipinski definition) is 1. The predicted octanol–water partition coefficient (Wildman–Crippen LogP) is 4.36. The fourth-order valence-corrected chi connectivity index (χ4v) is 4.29. The Kier molecular flexibility index (Phi) is 7.78. The number of halogens is 3. The molecule has 1 aliphatic heterocycles. The number of aryl methyl sites for hydroxylation is 3. The molecule has 0 saturated heterocycles. The van der Waals surface area contributed by atoms with Crippen molar-refractivity contribution in [2.45, 2.75) is 52.4 Å². The van der Waals surface area contributed by atoms with Crippen molar-refractivity contribution in [2.24, 2.45) is 5.92 Å². The van der Waals surface area contributed by atoms with E-state index < -0.39 is 11.7 Å². The van der Waals surface area contributed by atoms with Crippen LogP contribution in [0, 0.1) is 12.8 Å². The number of aromatic nitrogens is 4. The van der Waals surface area contributed by atoms with Gasteiger partial charge >= 0.3 is 6.18 Å². The molecular formula is C24H29F3N6OS. The Morgan fingerprint density at radius 3 is 2.46 bits per heavy atom. The standard InChI is InChI=1S/C24H27F3N6O.H2S/c1-14(2)22-23(34)30-21-15(3)29-18(11-20(21)32(22)4)8-7-17-9-10-33(31-17)13-19-6-5-16(12-28-19)24(25,26)27;/h5-6,9-12,14,22H,7-8,13H2,1-4H3,(H,30,34);1H2/t22-;/m0./s1. The van der Waals surface area contributed by atoms with E-state index in [0.29, 0.717) is 18.5 Å². The van der Waals surface area contributed by atoms with Gasteiger partial charge in [0.05, 0.1) is 40.6 Å². The zero-order valence-corrected chi connectivity index (χ0v) is 21.0.